The van der Waals surface area contributed by atoms with Crippen LogP contribution in [0.1, 0.15) is 20.7 Å². The Morgan fingerprint density at radius 1 is 0.864 bits per heavy atom. The molecule has 2 amide bonds. The van der Waals surface area contributed by atoms with Gasteiger partial charge in [0.1, 0.15) is 5.15 Å². The molecule has 1 aromatic carbocycles. The first-order chi connectivity index (χ1) is 10.6. The number of nitrogens with zero attached hydrogens (tertiary/aromatic N) is 1. The second-order valence-corrected chi connectivity index (χ2v) is 5.21. The van der Waals surface area contributed by atoms with Crippen molar-refractivity contribution < 1.29 is 9.59 Å². The number of aromatic nitrogens is 1. The van der Waals surface area contributed by atoms with E-state index in [1.807, 2.05) is 0 Å². The van der Waals surface area contributed by atoms with Gasteiger partial charge in [-0.25, -0.2) is 4.98 Å². The number of nitrogens with one attached hydrogen (secondary N) is 2. The highest BCUT2D eigenvalue weighted by atomic mass is 35.5. The van der Waals surface area contributed by atoms with Gasteiger partial charge in [0.25, 0.3) is 11.8 Å². The van der Waals surface area contributed by atoms with E-state index >= 15 is 0 Å². The lowest BCUT2D eigenvalue weighted by molar-refractivity contribution is 0.0927. The van der Waals surface area contributed by atoms with Crippen molar-refractivity contribution in [2.45, 2.75) is 0 Å². The molecule has 0 saturated carbocycles. The third-order valence-corrected chi connectivity index (χ3v) is 3.27. The molecule has 0 unspecified atom stereocenters. The maximum absolute atomic E-state index is 11.8. The van der Waals surface area contributed by atoms with Crippen molar-refractivity contribution in [3.8, 4) is 0 Å². The molecule has 5 nitrogen and oxygen atoms in total. The number of hydrogen-bond acceptors (Lipinski definition) is 3. The van der Waals surface area contributed by atoms with Crippen molar-refractivity contribution in [1.29, 1.82) is 0 Å². The van der Waals surface area contributed by atoms with Crippen LogP contribution in [0.25, 0.3) is 0 Å². The molecule has 0 aliphatic rings. The summed E-state index contributed by atoms with van der Waals surface area (Å²) in [5, 5.41) is 6.27. The quantitative estimate of drug-likeness (QED) is 0.650. The van der Waals surface area contributed by atoms with E-state index in [0.29, 0.717) is 34.4 Å². The number of amides is 2. The van der Waals surface area contributed by atoms with E-state index in [0.717, 1.165) is 0 Å². The molecule has 0 saturated heterocycles. The lowest BCUT2D eigenvalue weighted by atomic mass is 10.2. The van der Waals surface area contributed by atoms with Crippen molar-refractivity contribution >= 4 is 35.0 Å². The minimum absolute atomic E-state index is 0.223. The van der Waals surface area contributed by atoms with Gasteiger partial charge in [-0.15, -0.1) is 0 Å². The zero-order valence-corrected chi connectivity index (χ0v) is 13.0. The van der Waals surface area contributed by atoms with Crippen molar-refractivity contribution in [2.24, 2.45) is 0 Å². The van der Waals surface area contributed by atoms with Gasteiger partial charge in [0.2, 0.25) is 0 Å². The Labute approximate surface area is 137 Å². The van der Waals surface area contributed by atoms with Crippen LogP contribution in [0.4, 0.5) is 0 Å². The number of pyridine rings is 1. The molecule has 2 N–H and O–H groups in total. The first kappa shape index (κ1) is 16.3. The number of halogens is 2. The van der Waals surface area contributed by atoms with Gasteiger partial charge in [-0.1, -0.05) is 23.2 Å². The minimum Gasteiger partial charge on any atom is -0.350 e. The maximum atomic E-state index is 11.8. The van der Waals surface area contributed by atoms with Crippen LogP contribution in [0.2, 0.25) is 10.2 Å². The highest BCUT2D eigenvalue weighted by Gasteiger charge is 2.07. The number of hydrogen-bond donors (Lipinski definition) is 2. The van der Waals surface area contributed by atoms with E-state index in [1.54, 1.807) is 36.4 Å². The van der Waals surface area contributed by atoms with Crippen LogP contribution in [-0.2, 0) is 0 Å². The van der Waals surface area contributed by atoms with Gasteiger partial charge in [-0.3, -0.25) is 9.59 Å². The van der Waals surface area contributed by atoms with Crippen LogP contribution >= 0.6 is 23.2 Å². The predicted octanol–water partition coefficient (Wildman–Crippen LogP) is 2.55. The molecule has 1 aromatic heterocycles. The molecule has 0 spiro atoms. The van der Waals surface area contributed by atoms with E-state index < -0.39 is 0 Å². The zero-order valence-electron chi connectivity index (χ0n) is 11.5. The van der Waals surface area contributed by atoms with E-state index in [4.69, 9.17) is 23.2 Å². The standard InChI is InChI=1S/C15H13Cl2N3O2/c16-12-4-1-10(2-5-12)14(21)18-7-8-19-15(22)11-3-6-13(17)20-9-11/h1-6,9H,7-8H2,(H,18,21)(H,19,22). The normalized spacial score (nSPS) is 10.1. The summed E-state index contributed by atoms with van der Waals surface area (Å²) < 4.78 is 0. The van der Waals surface area contributed by atoms with Crippen LogP contribution in [-0.4, -0.2) is 29.9 Å². The van der Waals surface area contributed by atoms with Crippen molar-refractivity contribution in [1.82, 2.24) is 15.6 Å². The van der Waals surface area contributed by atoms with E-state index in [1.165, 1.54) is 6.20 Å². The molecule has 2 rings (SSSR count). The molecule has 114 valence electrons. The summed E-state index contributed by atoms with van der Waals surface area (Å²) in [5.41, 5.74) is 0.922. The van der Waals surface area contributed by atoms with Gasteiger partial charge in [0, 0.05) is 29.9 Å². The molecule has 7 heteroatoms. The van der Waals surface area contributed by atoms with Crippen molar-refractivity contribution in [2.75, 3.05) is 13.1 Å². The summed E-state index contributed by atoms with van der Waals surface area (Å²) in [6, 6.07) is 9.68. The molecule has 0 atom stereocenters. The van der Waals surface area contributed by atoms with Crippen LogP contribution in [0.3, 0.4) is 0 Å². The monoisotopic (exact) mass is 337 g/mol. The highest BCUT2D eigenvalue weighted by Crippen LogP contribution is 2.09. The summed E-state index contributed by atoms with van der Waals surface area (Å²) in [5.74, 6) is -0.496. The maximum Gasteiger partial charge on any atom is 0.252 e. The average molecular weight is 338 g/mol. The first-order valence-corrected chi connectivity index (χ1v) is 7.25. The van der Waals surface area contributed by atoms with Crippen LogP contribution in [0.15, 0.2) is 42.6 Å². The number of rotatable bonds is 5. The third-order valence-electron chi connectivity index (χ3n) is 2.79. The first-order valence-electron chi connectivity index (χ1n) is 6.50. The molecule has 0 fully saturated rings. The summed E-state index contributed by atoms with van der Waals surface area (Å²) in [4.78, 5) is 27.4. The Kier molecular flexibility index (Phi) is 5.75. The number of carbonyl (C=O) groups is 2. The SMILES string of the molecule is O=C(NCCNC(=O)c1ccc(Cl)nc1)c1ccc(Cl)cc1. The third kappa shape index (κ3) is 4.72. The predicted molar refractivity (Wildman–Crippen MR) is 85.4 cm³/mol. The van der Waals surface area contributed by atoms with Crippen LogP contribution in [0.5, 0.6) is 0 Å². The summed E-state index contributed by atoms with van der Waals surface area (Å²) >= 11 is 11.4. The molecule has 2 aromatic rings. The van der Waals surface area contributed by atoms with Gasteiger partial charge in [-0.2, -0.15) is 0 Å². The molecular weight excluding hydrogens is 325 g/mol. The van der Waals surface area contributed by atoms with Gasteiger partial charge >= 0.3 is 0 Å². The second kappa shape index (κ2) is 7.77. The topological polar surface area (TPSA) is 71.1 Å². The lowest BCUT2D eigenvalue weighted by Gasteiger charge is -2.07. The fraction of sp³-hybridized carbons (Fsp3) is 0.133. The van der Waals surface area contributed by atoms with Crippen LogP contribution in [0, 0.1) is 0 Å². The summed E-state index contributed by atoms with van der Waals surface area (Å²) in [6.45, 7) is 0.620. The summed E-state index contributed by atoms with van der Waals surface area (Å²) in [7, 11) is 0. The van der Waals surface area contributed by atoms with Gasteiger partial charge in [-0.05, 0) is 36.4 Å². The van der Waals surface area contributed by atoms with E-state index in [2.05, 4.69) is 15.6 Å². The van der Waals surface area contributed by atoms with Gasteiger partial charge in [0.15, 0.2) is 0 Å². The molecular formula is C15H13Cl2N3O2. The molecule has 0 aliphatic carbocycles. The molecule has 22 heavy (non-hydrogen) atoms. The smallest absolute Gasteiger partial charge is 0.252 e. The van der Waals surface area contributed by atoms with E-state index in [9.17, 15) is 9.59 Å². The minimum atomic E-state index is -0.273. The Bertz CT molecular complexity index is 598. The number of benzene rings is 1. The van der Waals surface area contributed by atoms with E-state index in [-0.39, 0.29) is 11.8 Å². The van der Waals surface area contributed by atoms with Crippen LogP contribution < -0.4 is 10.6 Å². The Hall–Kier alpha value is -2.11. The zero-order chi connectivity index (χ0) is 15.9. The Morgan fingerprint density at radius 3 is 1.95 bits per heavy atom. The fourth-order valence-electron chi connectivity index (χ4n) is 1.67. The van der Waals surface area contributed by atoms with Crippen molar-refractivity contribution in [3.05, 3.63) is 63.9 Å². The lowest BCUT2D eigenvalue weighted by Crippen LogP contribution is -2.34. The summed E-state index contributed by atoms with van der Waals surface area (Å²) in [6.07, 6.45) is 1.39. The molecule has 1 heterocycles. The average Bonchev–Trinajstić information content (AvgIpc) is 2.52. The largest absolute Gasteiger partial charge is 0.350 e. The van der Waals surface area contributed by atoms with Gasteiger partial charge in [0.05, 0.1) is 5.56 Å². The van der Waals surface area contributed by atoms with Crippen molar-refractivity contribution in [3.63, 3.8) is 0 Å². The molecule has 0 radical (unpaired) electrons. The number of carbonyl (C=O) groups excluding carboxylic acids is 2. The highest BCUT2D eigenvalue weighted by molar-refractivity contribution is 6.30. The molecule has 0 bridgehead atoms. The Morgan fingerprint density at radius 2 is 1.41 bits per heavy atom. The Balaban J connectivity index is 1.74. The molecule has 0 aliphatic heterocycles. The second-order valence-electron chi connectivity index (χ2n) is 4.39. The fourth-order valence-corrected chi connectivity index (χ4v) is 1.91. The van der Waals surface area contributed by atoms with Gasteiger partial charge < -0.3 is 10.6 Å².